The van der Waals surface area contributed by atoms with Gasteiger partial charge >= 0.3 is 5.97 Å². The molecule has 2 rings (SSSR count). The Morgan fingerprint density at radius 3 is 0.796 bits per heavy atom. The molecular formula is C97H173N31O19. The first-order valence-electron chi connectivity index (χ1n) is 51.5. The normalized spacial score (nSPS) is 15.9. The second-order valence-electron chi connectivity index (χ2n) is 38.2. The third-order valence-electron chi connectivity index (χ3n) is 26.5. The topological polar surface area (TPSA) is 856 Å². The van der Waals surface area contributed by atoms with Crippen LogP contribution < -0.4 is 142 Å². The number of nitrogens with one attached hydrogen (secondary N) is 22. The zero-order chi connectivity index (χ0) is 111. The lowest BCUT2D eigenvalue weighted by atomic mass is 9.93. The van der Waals surface area contributed by atoms with Gasteiger partial charge in [0.05, 0.1) is 18.8 Å². The van der Waals surface area contributed by atoms with Crippen LogP contribution in [0.2, 0.25) is 0 Å². The quantitative estimate of drug-likeness (QED) is 0.0178. The number of benzene rings is 1. The molecule has 0 spiro atoms. The second-order valence-corrected chi connectivity index (χ2v) is 38.2. The van der Waals surface area contributed by atoms with Crippen molar-refractivity contribution in [2.75, 3.05) is 39.3 Å². The summed E-state index contributed by atoms with van der Waals surface area (Å²) in [5.41, 5.74) is 46.5. The predicted molar refractivity (Wildman–Crippen MR) is 555 cm³/mol. The Kier molecular flexibility index (Phi) is 61.7. The second kappa shape index (κ2) is 69.9. The molecule has 50 heteroatoms. The first-order chi connectivity index (χ1) is 69.5. The summed E-state index contributed by atoms with van der Waals surface area (Å²) in [5.74, 6) is -21.0. The summed E-state index contributed by atoms with van der Waals surface area (Å²) in [6.07, 6.45) is 5.63. The highest BCUT2D eigenvalue weighted by Crippen LogP contribution is 2.22. The van der Waals surface area contributed by atoms with E-state index in [1.54, 1.807) is 96.9 Å². The van der Waals surface area contributed by atoms with Crippen molar-refractivity contribution in [3.8, 4) is 5.75 Å². The highest BCUT2D eigenvalue weighted by atomic mass is 16.4. The minimum absolute atomic E-state index is 0.0127. The molecule has 0 unspecified atom stereocenters. The number of nitrogens with two attached hydrogens (primary N) is 8. The van der Waals surface area contributed by atoms with Gasteiger partial charge in [0.2, 0.25) is 94.5 Å². The number of carboxylic acid groups (broad SMARTS) is 1. The summed E-state index contributed by atoms with van der Waals surface area (Å²) in [6.45, 7) is 24.7. The first kappa shape index (κ1) is 130. The van der Waals surface area contributed by atoms with Gasteiger partial charge in [0.1, 0.15) is 96.4 Å². The van der Waals surface area contributed by atoms with Crippen molar-refractivity contribution in [3.05, 3.63) is 48.0 Å². The van der Waals surface area contributed by atoms with Gasteiger partial charge in [0.25, 0.3) is 0 Å². The van der Waals surface area contributed by atoms with Crippen molar-refractivity contribution in [2.45, 2.75) is 354 Å². The number of unbranched alkanes of at least 4 members (excludes halogenated alkanes) is 3. The van der Waals surface area contributed by atoms with Crippen molar-refractivity contribution >= 4 is 118 Å². The number of nitrogens with zero attached hydrogens (tertiary/aromatic N) is 1. The van der Waals surface area contributed by atoms with Gasteiger partial charge in [-0.3, -0.25) is 92.9 Å². The number of aromatic nitrogens is 2. The highest BCUT2D eigenvalue weighted by Gasteiger charge is 2.43. The van der Waals surface area contributed by atoms with Gasteiger partial charge in [-0.1, -0.05) is 154 Å². The van der Waals surface area contributed by atoms with E-state index in [1.807, 2.05) is 0 Å². The zero-order valence-electron chi connectivity index (χ0n) is 88.1. The van der Waals surface area contributed by atoms with E-state index in [-0.39, 0.29) is 160 Å². The lowest BCUT2D eigenvalue weighted by Crippen LogP contribution is -2.63. The van der Waals surface area contributed by atoms with Crippen molar-refractivity contribution < 1.29 is 91.7 Å². The molecule has 0 aliphatic carbocycles. The average molecular weight is 2080 g/mol. The first-order valence-corrected chi connectivity index (χ1v) is 51.5. The summed E-state index contributed by atoms with van der Waals surface area (Å²) in [7, 11) is 0. The third kappa shape index (κ3) is 47.9. The number of carbonyl (C=O) groups is 17. The number of aromatic hydroxyl groups is 1. The van der Waals surface area contributed by atoms with E-state index in [9.17, 15) is 53.4 Å². The van der Waals surface area contributed by atoms with Crippen molar-refractivity contribution in [3.63, 3.8) is 0 Å². The number of aromatic amines is 1. The Balaban J connectivity index is 2.70. The summed E-state index contributed by atoms with van der Waals surface area (Å²) in [5, 5.41) is 92.4. The van der Waals surface area contributed by atoms with Crippen LogP contribution in [-0.4, -0.2) is 274 Å². The van der Waals surface area contributed by atoms with E-state index in [0.717, 1.165) is 0 Å². The van der Waals surface area contributed by atoms with E-state index in [4.69, 9.17) is 62.1 Å². The maximum absolute atomic E-state index is 15.2. The van der Waals surface area contributed by atoms with Crippen LogP contribution in [-0.2, 0) is 94.3 Å². The number of rotatable bonds is 75. The maximum atomic E-state index is 15.2. The van der Waals surface area contributed by atoms with Gasteiger partial charge in [0.15, 0.2) is 17.9 Å². The van der Waals surface area contributed by atoms with Crippen LogP contribution in [0.3, 0.4) is 0 Å². The molecule has 0 aliphatic heterocycles. The molecule has 1 aromatic carbocycles. The lowest BCUT2D eigenvalue weighted by Gasteiger charge is -2.32. The molecule has 147 heavy (non-hydrogen) atoms. The van der Waals surface area contributed by atoms with Crippen LogP contribution >= 0.6 is 0 Å². The molecule has 1 aromatic heterocycles. The predicted octanol–water partition coefficient (Wildman–Crippen LogP) is -3.04. The summed E-state index contributed by atoms with van der Waals surface area (Å²) in [6, 6.07) is -17.0. The number of guanidine groups is 3. The van der Waals surface area contributed by atoms with E-state index >= 15 is 38.4 Å². The molecule has 0 bridgehead atoms. The fourth-order valence-electron chi connectivity index (χ4n) is 15.7. The fraction of sp³-hybridized carbons (Fsp3) is 0.701. The van der Waals surface area contributed by atoms with Gasteiger partial charge in [-0.15, -0.1) is 0 Å². The minimum atomic E-state index is -1.51. The SMILES string of the molecule is CC[C@H](C)[C@H](NC(=O)[C@H](CCCNC(=N)N)NC(=O)[C@H](CCCNC(=N)N)NC(=O)[C@@H](NC(=O)[C@@H](N)CC(N)=O)[C@@H](C)CC)C(=O)N[C@H](C(=O)N[C@@H](CCCNC(=N)N)C(=O)N[C@@H](CCCCN)C(=O)N[C@H](C(=O)N[C@H](C(=O)N[C@@H](Cc1cnc[nH]1)C(=O)N[C@H](C(=O)N[C@H](C(=O)N[C@@H](CCCCN)C(=O)N[C@@H](CCCCN)C(=O)N[C@@H](Cc1ccc(O)cc1)C(=O)O)[C@@H](C)CC)[C@@H](C)CC)[C@@H](C)CC)[C@@H](C)CC)[C@@H](C)CC. The van der Waals surface area contributed by atoms with E-state index < -0.39 is 257 Å². The van der Waals surface area contributed by atoms with Crippen LogP contribution in [0, 0.1) is 57.7 Å². The number of hydrogen-bond donors (Lipinski definition) is 32. The molecule has 830 valence electrons. The third-order valence-corrected chi connectivity index (χ3v) is 26.5. The number of amides is 16. The van der Waals surface area contributed by atoms with Crippen LogP contribution in [0.15, 0.2) is 36.8 Å². The molecule has 23 atom stereocenters. The molecular weight excluding hydrogens is 1900 g/mol. The number of phenols is 1. The molecule has 16 amide bonds. The number of aliphatic carboxylic acids is 1. The van der Waals surface area contributed by atoms with Crippen LogP contribution in [0.25, 0.3) is 0 Å². The van der Waals surface area contributed by atoms with Crippen molar-refractivity contribution in [1.82, 2.24) is 106 Å². The van der Waals surface area contributed by atoms with Gasteiger partial charge in [-0.2, -0.15) is 0 Å². The smallest absolute Gasteiger partial charge is 0.326 e. The minimum Gasteiger partial charge on any atom is -0.508 e. The molecule has 0 radical (unpaired) electrons. The van der Waals surface area contributed by atoms with Crippen LogP contribution in [0.4, 0.5) is 0 Å². The monoisotopic (exact) mass is 2080 g/mol. The maximum Gasteiger partial charge on any atom is 0.326 e. The Morgan fingerprint density at radius 2 is 0.551 bits per heavy atom. The van der Waals surface area contributed by atoms with E-state index in [0.29, 0.717) is 56.2 Å². The number of primary amides is 1. The fourth-order valence-corrected chi connectivity index (χ4v) is 15.7. The number of imidazole rings is 1. The number of H-pyrrole nitrogens is 1. The van der Waals surface area contributed by atoms with Crippen LogP contribution in [0.1, 0.15) is 256 Å². The Hall–Kier alpha value is -13.1. The number of phenolic OH excluding ortho intramolecular Hbond substituents is 1. The van der Waals surface area contributed by atoms with Crippen LogP contribution in [0.5, 0.6) is 5.75 Å². The Morgan fingerprint density at radius 1 is 0.320 bits per heavy atom. The highest BCUT2D eigenvalue weighted by molar-refractivity contribution is 6.02. The summed E-state index contributed by atoms with van der Waals surface area (Å²) >= 11 is 0. The summed E-state index contributed by atoms with van der Waals surface area (Å²) in [4.78, 5) is 253. The van der Waals surface area contributed by atoms with Gasteiger partial charge in [-0.05, 0) is 175 Å². The van der Waals surface area contributed by atoms with E-state index in [1.165, 1.54) is 36.8 Å². The average Bonchev–Trinajstić information content (AvgIpc) is 1.75. The lowest BCUT2D eigenvalue weighted by molar-refractivity contribution is -0.142. The molecule has 2 aromatic rings. The van der Waals surface area contributed by atoms with Gasteiger partial charge in [-0.25, -0.2) is 9.78 Å². The molecule has 40 N–H and O–H groups in total. The molecule has 0 aliphatic rings. The molecule has 0 fully saturated rings. The number of hydrogen-bond acceptors (Lipinski definition) is 26. The Labute approximate surface area is 862 Å². The van der Waals surface area contributed by atoms with Crippen molar-refractivity contribution in [2.24, 2.45) is 87.3 Å². The zero-order valence-corrected chi connectivity index (χ0v) is 88.1. The molecule has 1 heterocycles. The largest absolute Gasteiger partial charge is 0.508 e. The Bertz CT molecular complexity index is 4520. The molecule has 50 nitrogen and oxygen atoms in total. The standard InChI is InChI=1S/C97H173N31O19/c1-15-52(8)72(122-79(131)62(101)49-71(102)130)87(139)118-67(35-29-45-111-96(105)106)82(134)116-68(36-30-46-112-97(107)108)85(137)124-77(57(13)20-6)91(143)126-74(54(10)17-3)89(141)119-66(34-28-44-110-95(103)104)81(133)115-65(33-24-27-43-100)84(136)123-76(56(12)19-5)92(144)128-75(55(11)18-4)90(142)120-69(48-60-50-109-51-113-60)86(138)125-78(58(14)21-7)93(145)127-73(53(9)16-2)88(140)117-64(32-23-26-42-99)80(132)114-63(31-22-25-41-98)83(135)121-70(94(146)147)47-59-37-39-61(129)40-38-59/h37-40,50-58,62-70,72-78,129H,15-36,41-49,98-101H2,1-14H3,(H2,102,130)(H,109,113)(H,114,132)(H,115,133)(H,116,134)(H,117,140)(H,118,139)(H,119,141)(H,120,142)(H,121,135)(H,122,131)(H,123,136)(H,124,137)(H,125,138)(H,126,143)(H,127,145)(H,128,144)(H,146,147)(H4,103,104,110)(H4,105,106,111)(H4,107,108,112)/t52-,53-,54-,55-,56-,57-,58-,62-,63-,64-,65-,66-,67-,68-,69-,70-,72-,73-,74-,75-,76-,77-,78-/m0/s1. The van der Waals surface area contributed by atoms with Gasteiger partial charge < -0.3 is 157 Å². The number of carboxylic acids is 1. The number of carbonyl (C=O) groups excluding carboxylic acids is 16. The van der Waals surface area contributed by atoms with E-state index in [2.05, 4.69) is 106 Å². The van der Waals surface area contributed by atoms with Gasteiger partial charge in [0, 0.05) is 44.4 Å². The summed E-state index contributed by atoms with van der Waals surface area (Å²) < 4.78 is 0. The molecule has 0 saturated carbocycles. The van der Waals surface area contributed by atoms with Crippen molar-refractivity contribution in [1.29, 1.82) is 16.2 Å². The molecule has 0 saturated heterocycles.